The van der Waals surface area contributed by atoms with Gasteiger partial charge in [0.05, 0.1) is 10.6 Å². The van der Waals surface area contributed by atoms with Crippen LogP contribution < -0.4 is 10.6 Å². The number of amides is 2. The lowest BCUT2D eigenvalue weighted by Crippen LogP contribution is -2.24. The molecule has 0 bridgehead atoms. The maximum absolute atomic E-state index is 12.6. The summed E-state index contributed by atoms with van der Waals surface area (Å²) in [7, 11) is -5.60. The number of hydrogen-bond donors (Lipinski definition) is 3. The summed E-state index contributed by atoms with van der Waals surface area (Å²) < 4.78 is 60.5. The predicted octanol–water partition coefficient (Wildman–Crippen LogP) is 3.64. The number of aryl methyl sites for hydroxylation is 1. The van der Waals surface area contributed by atoms with E-state index in [0.29, 0.717) is 17.8 Å². The molecule has 0 aliphatic carbocycles. The summed E-state index contributed by atoms with van der Waals surface area (Å²) in [6, 6.07) is 7.67. The molecule has 0 saturated carbocycles. The molecular formula is C15H13F3N2O4S. The van der Waals surface area contributed by atoms with Crippen molar-refractivity contribution >= 4 is 27.2 Å². The number of carbonyl (C=O) groups is 1. The van der Waals surface area contributed by atoms with Crippen molar-refractivity contribution in [3.63, 3.8) is 0 Å². The summed E-state index contributed by atoms with van der Waals surface area (Å²) in [6.45, 7) is 1.84. The summed E-state index contributed by atoms with van der Waals surface area (Å²) in [5, 5.41) is 14.1. The number of phenols is 1. The highest BCUT2D eigenvalue weighted by Gasteiger charge is 2.47. The topological polar surface area (TPSA) is 95.5 Å². The van der Waals surface area contributed by atoms with Crippen LogP contribution in [0.2, 0.25) is 0 Å². The zero-order chi connectivity index (χ0) is 18.8. The Bertz CT molecular complexity index is 894. The number of halogens is 3. The molecule has 0 fully saturated rings. The summed E-state index contributed by atoms with van der Waals surface area (Å²) in [6.07, 6.45) is 0. The number of aromatic hydroxyl groups is 1. The third-order valence-corrected chi connectivity index (χ3v) is 4.62. The number of alkyl halides is 3. The van der Waals surface area contributed by atoms with Gasteiger partial charge in [0.1, 0.15) is 5.75 Å². The standard InChI is InChI=1S/C15H13F3N2O4S/c1-9-2-4-10(5-3-9)19-14(22)20-12-8-11(6-7-13(12)21)25(23,24)15(16,17)18/h2-8,21H,1H3,(H2,19,20,22). The largest absolute Gasteiger partial charge is 0.506 e. The molecule has 0 aromatic heterocycles. The smallest absolute Gasteiger partial charge is 0.501 e. The molecule has 0 unspecified atom stereocenters. The fourth-order valence-electron chi connectivity index (χ4n) is 1.84. The van der Waals surface area contributed by atoms with E-state index in [9.17, 15) is 31.5 Å². The zero-order valence-electron chi connectivity index (χ0n) is 12.8. The fourth-order valence-corrected chi connectivity index (χ4v) is 2.63. The second-order valence-electron chi connectivity index (χ2n) is 5.07. The molecule has 0 radical (unpaired) electrons. The number of urea groups is 1. The van der Waals surface area contributed by atoms with Crippen molar-refractivity contribution in [2.75, 3.05) is 10.6 Å². The molecule has 25 heavy (non-hydrogen) atoms. The van der Waals surface area contributed by atoms with Gasteiger partial charge in [0.15, 0.2) is 0 Å². The monoisotopic (exact) mass is 374 g/mol. The summed E-state index contributed by atoms with van der Waals surface area (Å²) >= 11 is 0. The molecule has 0 heterocycles. The Balaban J connectivity index is 2.23. The van der Waals surface area contributed by atoms with Crippen LogP contribution in [0.3, 0.4) is 0 Å². The minimum atomic E-state index is -5.60. The Morgan fingerprint density at radius 2 is 1.64 bits per heavy atom. The molecule has 2 aromatic carbocycles. The highest BCUT2D eigenvalue weighted by Crippen LogP contribution is 2.34. The summed E-state index contributed by atoms with van der Waals surface area (Å²) in [4.78, 5) is 10.8. The van der Waals surface area contributed by atoms with E-state index in [1.807, 2.05) is 6.92 Å². The fraction of sp³-hybridized carbons (Fsp3) is 0.133. The molecule has 2 aromatic rings. The van der Waals surface area contributed by atoms with Gasteiger partial charge < -0.3 is 15.7 Å². The number of sulfone groups is 1. The normalized spacial score (nSPS) is 11.8. The van der Waals surface area contributed by atoms with Gasteiger partial charge in [-0.1, -0.05) is 17.7 Å². The quantitative estimate of drug-likeness (QED) is 0.715. The van der Waals surface area contributed by atoms with E-state index in [1.54, 1.807) is 24.3 Å². The van der Waals surface area contributed by atoms with Gasteiger partial charge in [0.2, 0.25) is 0 Å². The van der Waals surface area contributed by atoms with Crippen LogP contribution in [-0.4, -0.2) is 25.1 Å². The number of phenolic OH excluding ortho intramolecular Hbond substituents is 1. The molecule has 10 heteroatoms. The Labute approximate surface area is 141 Å². The van der Waals surface area contributed by atoms with E-state index in [0.717, 1.165) is 11.6 Å². The van der Waals surface area contributed by atoms with E-state index in [2.05, 4.69) is 10.6 Å². The maximum Gasteiger partial charge on any atom is 0.501 e. The molecule has 0 aliphatic rings. The van der Waals surface area contributed by atoms with Crippen molar-refractivity contribution in [1.82, 2.24) is 0 Å². The van der Waals surface area contributed by atoms with Gasteiger partial charge in [-0.3, -0.25) is 0 Å². The lowest BCUT2D eigenvalue weighted by atomic mass is 10.2. The number of carbonyl (C=O) groups excluding carboxylic acids is 1. The van der Waals surface area contributed by atoms with Crippen LogP contribution in [0, 0.1) is 6.92 Å². The highest BCUT2D eigenvalue weighted by atomic mass is 32.2. The van der Waals surface area contributed by atoms with Crippen LogP contribution in [0.25, 0.3) is 0 Å². The van der Waals surface area contributed by atoms with Crippen LogP contribution in [0.15, 0.2) is 47.4 Å². The molecule has 0 spiro atoms. The second kappa shape index (κ2) is 6.63. The van der Waals surface area contributed by atoms with Crippen molar-refractivity contribution in [3.8, 4) is 5.75 Å². The van der Waals surface area contributed by atoms with Crippen molar-refractivity contribution in [1.29, 1.82) is 0 Å². The van der Waals surface area contributed by atoms with Gasteiger partial charge in [-0.05, 0) is 37.3 Å². The number of hydrogen-bond acceptors (Lipinski definition) is 4. The Hall–Kier alpha value is -2.75. The van der Waals surface area contributed by atoms with E-state index in [4.69, 9.17) is 0 Å². The lowest BCUT2D eigenvalue weighted by Gasteiger charge is -2.12. The van der Waals surface area contributed by atoms with Crippen molar-refractivity contribution in [2.24, 2.45) is 0 Å². The van der Waals surface area contributed by atoms with E-state index in [1.165, 1.54) is 0 Å². The minimum Gasteiger partial charge on any atom is -0.506 e. The minimum absolute atomic E-state index is 0.404. The van der Waals surface area contributed by atoms with Crippen LogP contribution in [0.4, 0.5) is 29.3 Å². The summed E-state index contributed by atoms with van der Waals surface area (Å²) in [5.41, 5.74) is -4.61. The molecule has 0 atom stereocenters. The average Bonchev–Trinajstić information content (AvgIpc) is 2.50. The first kappa shape index (κ1) is 18.6. The number of benzene rings is 2. The molecule has 134 valence electrons. The highest BCUT2D eigenvalue weighted by molar-refractivity contribution is 7.92. The lowest BCUT2D eigenvalue weighted by molar-refractivity contribution is -0.0436. The third kappa shape index (κ3) is 4.21. The van der Waals surface area contributed by atoms with E-state index >= 15 is 0 Å². The van der Waals surface area contributed by atoms with Crippen LogP contribution in [0.5, 0.6) is 5.75 Å². The van der Waals surface area contributed by atoms with Gasteiger partial charge in [-0.2, -0.15) is 13.2 Å². The molecule has 6 nitrogen and oxygen atoms in total. The molecule has 2 amide bonds. The summed E-state index contributed by atoms with van der Waals surface area (Å²) in [5.74, 6) is -0.583. The predicted molar refractivity (Wildman–Crippen MR) is 85.2 cm³/mol. The van der Waals surface area contributed by atoms with Crippen LogP contribution >= 0.6 is 0 Å². The number of anilines is 2. The number of rotatable bonds is 3. The maximum atomic E-state index is 12.6. The Morgan fingerprint density at radius 1 is 1.04 bits per heavy atom. The van der Waals surface area contributed by atoms with Gasteiger partial charge in [0.25, 0.3) is 9.84 Å². The molecular weight excluding hydrogens is 361 g/mol. The Kier molecular flexibility index (Phi) is 4.93. The Morgan fingerprint density at radius 3 is 2.20 bits per heavy atom. The molecule has 0 aliphatic heterocycles. The third-order valence-electron chi connectivity index (χ3n) is 3.14. The van der Waals surface area contributed by atoms with Gasteiger partial charge in [0, 0.05) is 5.69 Å². The first-order valence-corrected chi connectivity index (χ1v) is 8.28. The van der Waals surface area contributed by atoms with Crippen molar-refractivity contribution < 1.29 is 31.5 Å². The molecule has 2 rings (SSSR count). The van der Waals surface area contributed by atoms with Crippen LogP contribution in [0.1, 0.15) is 5.56 Å². The van der Waals surface area contributed by atoms with Crippen LogP contribution in [-0.2, 0) is 9.84 Å². The van der Waals surface area contributed by atoms with E-state index < -0.39 is 37.7 Å². The molecule has 0 saturated heterocycles. The molecule has 3 N–H and O–H groups in total. The first-order chi connectivity index (χ1) is 11.5. The van der Waals surface area contributed by atoms with E-state index in [-0.39, 0.29) is 0 Å². The zero-order valence-corrected chi connectivity index (χ0v) is 13.6. The van der Waals surface area contributed by atoms with Crippen molar-refractivity contribution in [2.45, 2.75) is 17.3 Å². The first-order valence-electron chi connectivity index (χ1n) is 6.80. The van der Waals surface area contributed by atoms with Crippen molar-refractivity contribution in [3.05, 3.63) is 48.0 Å². The van der Waals surface area contributed by atoms with Gasteiger partial charge in [-0.15, -0.1) is 0 Å². The average molecular weight is 374 g/mol. The number of nitrogens with one attached hydrogen (secondary N) is 2. The van der Waals surface area contributed by atoms with Gasteiger partial charge in [-0.25, -0.2) is 13.2 Å². The second-order valence-corrected chi connectivity index (χ2v) is 7.01. The van der Waals surface area contributed by atoms with Gasteiger partial charge >= 0.3 is 11.5 Å². The SMILES string of the molecule is Cc1ccc(NC(=O)Nc2cc(S(=O)(=O)C(F)(F)F)ccc2O)cc1.